The number of hydrogen-bond acceptors (Lipinski definition) is 4. The highest BCUT2D eigenvalue weighted by molar-refractivity contribution is 5.86. The van der Waals surface area contributed by atoms with E-state index >= 15 is 0 Å². The zero-order chi connectivity index (χ0) is 13.4. The second kappa shape index (κ2) is 4.31. The summed E-state index contributed by atoms with van der Waals surface area (Å²) in [4.78, 5) is 4.38. The Morgan fingerprint density at radius 3 is 2.68 bits per heavy atom. The number of aromatic nitrogens is 1. The Bertz CT molecular complexity index is 746. The van der Waals surface area contributed by atoms with Crippen molar-refractivity contribution < 1.29 is 4.42 Å². The summed E-state index contributed by atoms with van der Waals surface area (Å²) in [7, 11) is 0. The molecular weight excluding hydrogens is 238 g/mol. The number of nitrogen functional groups attached to an aromatic ring is 1. The summed E-state index contributed by atoms with van der Waals surface area (Å²) in [6, 6.07) is 12.1. The molecule has 0 bridgehead atoms. The lowest BCUT2D eigenvalue weighted by Gasteiger charge is -2.07. The summed E-state index contributed by atoms with van der Waals surface area (Å²) in [5, 5.41) is 3.20. The number of nitrogens with zero attached hydrogens (tertiary/aromatic N) is 1. The minimum Gasteiger partial charge on any atom is -0.423 e. The van der Waals surface area contributed by atoms with Crippen molar-refractivity contribution in [2.24, 2.45) is 0 Å². The lowest BCUT2D eigenvalue weighted by molar-refractivity contribution is 0.623. The second-order valence-corrected chi connectivity index (χ2v) is 4.59. The van der Waals surface area contributed by atoms with Crippen molar-refractivity contribution in [1.82, 2.24) is 4.98 Å². The van der Waals surface area contributed by atoms with E-state index < -0.39 is 0 Å². The van der Waals surface area contributed by atoms with Crippen LogP contribution in [-0.2, 0) is 0 Å². The number of oxazole rings is 1. The molecule has 0 saturated carbocycles. The summed E-state index contributed by atoms with van der Waals surface area (Å²) < 4.78 is 5.65. The summed E-state index contributed by atoms with van der Waals surface area (Å²) >= 11 is 0. The molecule has 4 nitrogen and oxygen atoms in total. The van der Waals surface area contributed by atoms with Crippen LogP contribution in [0.4, 0.5) is 17.4 Å². The Labute approximate surface area is 111 Å². The van der Waals surface area contributed by atoms with Crippen LogP contribution in [0.3, 0.4) is 0 Å². The number of nitrogens with one attached hydrogen (secondary N) is 1. The molecule has 3 rings (SSSR count). The van der Waals surface area contributed by atoms with Crippen LogP contribution in [-0.4, -0.2) is 4.98 Å². The van der Waals surface area contributed by atoms with Crippen LogP contribution in [0.1, 0.15) is 11.1 Å². The standard InChI is InChI=1S/C15H15N3O/c1-9-5-3-7-12(10(9)2)17-15-18-14-11(16)6-4-8-13(14)19-15/h3-8H,16H2,1-2H3,(H,17,18). The van der Waals surface area contributed by atoms with Gasteiger partial charge in [0.2, 0.25) is 0 Å². The van der Waals surface area contributed by atoms with Gasteiger partial charge in [0.25, 0.3) is 6.01 Å². The van der Waals surface area contributed by atoms with E-state index in [1.54, 1.807) is 0 Å². The molecular formula is C15H15N3O. The molecule has 0 spiro atoms. The number of nitrogens with two attached hydrogens (primary N) is 1. The second-order valence-electron chi connectivity index (χ2n) is 4.59. The van der Waals surface area contributed by atoms with E-state index in [1.807, 2.05) is 30.3 Å². The van der Waals surface area contributed by atoms with Gasteiger partial charge in [0.05, 0.1) is 5.69 Å². The van der Waals surface area contributed by atoms with Gasteiger partial charge in [0, 0.05) is 5.69 Å². The average molecular weight is 253 g/mol. The maximum Gasteiger partial charge on any atom is 0.300 e. The van der Waals surface area contributed by atoms with E-state index in [0.717, 1.165) is 5.69 Å². The molecule has 0 fully saturated rings. The first-order valence-corrected chi connectivity index (χ1v) is 6.13. The van der Waals surface area contributed by atoms with Gasteiger partial charge in [-0.2, -0.15) is 4.98 Å². The molecule has 0 amide bonds. The van der Waals surface area contributed by atoms with E-state index in [4.69, 9.17) is 10.2 Å². The van der Waals surface area contributed by atoms with Crippen molar-refractivity contribution in [3.8, 4) is 0 Å². The van der Waals surface area contributed by atoms with Gasteiger partial charge in [-0.1, -0.05) is 18.2 Å². The van der Waals surface area contributed by atoms with Crippen molar-refractivity contribution >= 4 is 28.5 Å². The van der Waals surface area contributed by atoms with Crippen LogP contribution in [0.25, 0.3) is 11.1 Å². The first-order valence-electron chi connectivity index (χ1n) is 6.13. The average Bonchev–Trinajstić information content (AvgIpc) is 2.79. The van der Waals surface area contributed by atoms with E-state index in [2.05, 4.69) is 30.2 Å². The molecule has 3 N–H and O–H groups in total. The topological polar surface area (TPSA) is 64.1 Å². The third-order valence-corrected chi connectivity index (χ3v) is 3.30. The van der Waals surface area contributed by atoms with Crippen molar-refractivity contribution in [3.63, 3.8) is 0 Å². The fourth-order valence-electron chi connectivity index (χ4n) is 2.03. The number of hydrogen-bond donors (Lipinski definition) is 2. The highest BCUT2D eigenvalue weighted by Gasteiger charge is 2.09. The van der Waals surface area contributed by atoms with Gasteiger partial charge in [-0.25, -0.2) is 0 Å². The maximum atomic E-state index is 5.87. The third kappa shape index (κ3) is 2.01. The fourth-order valence-corrected chi connectivity index (χ4v) is 2.03. The minimum atomic E-state index is 0.460. The smallest absolute Gasteiger partial charge is 0.300 e. The lowest BCUT2D eigenvalue weighted by atomic mass is 10.1. The molecule has 96 valence electrons. The normalized spacial score (nSPS) is 10.8. The number of aryl methyl sites for hydroxylation is 1. The van der Waals surface area contributed by atoms with Crippen LogP contribution >= 0.6 is 0 Å². The SMILES string of the molecule is Cc1cccc(Nc2nc3c(N)cccc3o2)c1C. The predicted octanol–water partition coefficient (Wildman–Crippen LogP) is 3.77. The van der Waals surface area contributed by atoms with Gasteiger partial charge in [-0.15, -0.1) is 0 Å². The van der Waals surface area contributed by atoms with Gasteiger partial charge < -0.3 is 15.5 Å². The predicted molar refractivity (Wildman–Crippen MR) is 77.6 cm³/mol. The Balaban J connectivity index is 2.02. The fraction of sp³-hybridized carbons (Fsp3) is 0.133. The third-order valence-electron chi connectivity index (χ3n) is 3.30. The van der Waals surface area contributed by atoms with Gasteiger partial charge >= 0.3 is 0 Å². The van der Waals surface area contributed by atoms with Gasteiger partial charge in [-0.05, 0) is 43.2 Å². The number of fused-ring (bicyclic) bond motifs is 1. The molecule has 0 aliphatic rings. The van der Waals surface area contributed by atoms with Crippen molar-refractivity contribution in [3.05, 3.63) is 47.5 Å². The van der Waals surface area contributed by atoms with Crippen LogP contribution in [0.5, 0.6) is 0 Å². The van der Waals surface area contributed by atoms with E-state index in [0.29, 0.717) is 22.8 Å². The molecule has 1 heterocycles. The number of benzene rings is 2. The van der Waals surface area contributed by atoms with Crippen molar-refractivity contribution in [2.45, 2.75) is 13.8 Å². The van der Waals surface area contributed by atoms with E-state index in [9.17, 15) is 0 Å². The Morgan fingerprint density at radius 1 is 1.11 bits per heavy atom. The summed E-state index contributed by atoms with van der Waals surface area (Å²) in [6.07, 6.45) is 0. The number of para-hydroxylation sites is 1. The summed E-state index contributed by atoms with van der Waals surface area (Å²) in [5.74, 6) is 0. The van der Waals surface area contributed by atoms with E-state index in [-0.39, 0.29) is 0 Å². The minimum absolute atomic E-state index is 0.460. The molecule has 3 aromatic rings. The molecule has 19 heavy (non-hydrogen) atoms. The molecule has 2 aromatic carbocycles. The van der Waals surface area contributed by atoms with Crippen LogP contribution in [0.15, 0.2) is 40.8 Å². The molecule has 0 aliphatic heterocycles. The number of anilines is 3. The highest BCUT2D eigenvalue weighted by Crippen LogP contribution is 2.27. The van der Waals surface area contributed by atoms with Crippen LogP contribution < -0.4 is 11.1 Å². The Morgan fingerprint density at radius 2 is 1.89 bits per heavy atom. The molecule has 0 atom stereocenters. The summed E-state index contributed by atoms with van der Waals surface area (Å²) in [5.41, 5.74) is 11.3. The lowest BCUT2D eigenvalue weighted by Crippen LogP contribution is -1.94. The van der Waals surface area contributed by atoms with Crippen molar-refractivity contribution in [1.29, 1.82) is 0 Å². The van der Waals surface area contributed by atoms with Crippen LogP contribution in [0.2, 0.25) is 0 Å². The zero-order valence-corrected chi connectivity index (χ0v) is 10.9. The molecule has 0 aliphatic carbocycles. The Hall–Kier alpha value is -2.49. The monoisotopic (exact) mass is 253 g/mol. The quantitative estimate of drug-likeness (QED) is 0.682. The first kappa shape index (κ1) is 11.6. The maximum absolute atomic E-state index is 5.87. The van der Waals surface area contributed by atoms with E-state index in [1.165, 1.54) is 11.1 Å². The summed E-state index contributed by atoms with van der Waals surface area (Å²) in [6.45, 7) is 4.14. The highest BCUT2D eigenvalue weighted by atomic mass is 16.4. The molecule has 4 heteroatoms. The number of rotatable bonds is 2. The van der Waals surface area contributed by atoms with Crippen molar-refractivity contribution in [2.75, 3.05) is 11.1 Å². The molecule has 0 radical (unpaired) electrons. The van der Waals surface area contributed by atoms with Crippen LogP contribution in [0, 0.1) is 13.8 Å². The van der Waals surface area contributed by atoms with Gasteiger partial charge in [0.15, 0.2) is 5.58 Å². The zero-order valence-electron chi connectivity index (χ0n) is 10.9. The van der Waals surface area contributed by atoms with Gasteiger partial charge in [0.1, 0.15) is 5.52 Å². The molecule has 1 aromatic heterocycles. The molecule has 0 saturated heterocycles. The van der Waals surface area contributed by atoms with Gasteiger partial charge in [-0.3, -0.25) is 0 Å². The largest absolute Gasteiger partial charge is 0.423 e. The first-order chi connectivity index (χ1) is 9.15. The molecule has 0 unspecified atom stereocenters. The Kier molecular flexibility index (Phi) is 2.63.